The zero-order valence-electron chi connectivity index (χ0n) is 19.8. The van der Waals surface area contributed by atoms with E-state index in [4.69, 9.17) is 4.74 Å². The van der Waals surface area contributed by atoms with Crippen LogP contribution in [-0.4, -0.2) is 35.2 Å². The average molecular weight is 479 g/mol. The third-order valence-corrected chi connectivity index (χ3v) is 6.29. The molecule has 0 saturated carbocycles. The van der Waals surface area contributed by atoms with E-state index in [-0.39, 0.29) is 23.5 Å². The number of ketones is 1. The molecule has 0 N–H and O–H groups in total. The number of carbonyl (C=O) groups excluding carboxylic acids is 4. The summed E-state index contributed by atoms with van der Waals surface area (Å²) in [7, 11) is 0. The summed E-state index contributed by atoms with van der Waals surface area (Å²) in [6.07, 6.45) is 0.868. The fourth-order valence-electron chi connectivity index (χ4n) is 4.34. The summed E-state index contributed by atoms with van der Waals surface area (Å²) in [6.45, 7) is 3.35. The highest BCUT2D eigenvalue weighted by atomic mass is 16.5. The molecule has 0 unspecified atom stereocenters. The minimum atomic E-state index is -0.673. The number of hydrogen-bond acceptors (Lipinski definition) is 6. The van der Waals surface area contributed by atoms with Crippen molar-refractivity contribution in [1.29, 1.82) is 0 Å². The van der Waals surface area contributed by atoms with E-state index in [0.717, 1.165) is 16.9 Å². The van der Waals surface area contributed by atoms with Crippen molar-refractivity contribution in [2.45, 2.75) is 20.3 Å². The lowest BCUT2D eigenvalue weighted by Crippen LogP contribution is -2.29. The summed E-state index contributed by atoms with van der Waals surface area (Å²) in [6, 6.07) is 20.3. The maximum Gasteiger partial charge on any atom is 0.338 e. The number of aryl methyl sites for hydroxylation is 2. The third-order valence-electron chi connectivity index (χ3n) is 6.29. The maximum absolute atomic E-state index is 13.3. The van der Waals surface area contributed by atoms with Gasteiger partial charge < -0.3 is 4.74 Å². The Morgan fingerprint density at radius 2 is 1.47 bits per heavy atom. The molecule has 0 radical (unpaired) electrons. The maximum atomic E-state index is 13.3. The second-order valence-electron chi connectivity index (χ2n) is 8.51. The second-order valence-corrected chi connectivity index (χ2v) is 8.51. The van der Waals surface area contributed by atoms with Gasteiger partial charge in [0.25, 0.3) is 11.8 Å². The molecular formula is C29H22N2O5. The number of fused-ring (bicyclic) bond motifs is 3. The molecule has 0 bridgehead atoms. The van der Waals surface area contributed by atoms with Gasteiger partial charge in [-0.3, -0.25) is 19.4 Å². The zero-order valence-corrected chi connectivity index (χ0v) is 19.8. The van der Waals surface area contributed by atoms with E-state index in [9.17, 15) is 19.2 Å². The number of hydrogen-bond donors (Lipinski definition) is 0. The summed E-state index contributed by atoms with van der Waals surface area (Å²) in [5.41, 5.74) is 3.86. The number of amides is 2. The lowest BCUT2D eigenvalue weighted by Gasteiger charge is -2.14. The first-order valence-corrected chi connectivity index (χ1v) is 11.6. The summed E-state index contributed by atoms with van der Waals surface area (Å²) >= 11 is 0. The van der Waals surface area contributed by atoms with Gasteiger partial charge >= 0.3 is 5.97 Å². The largest absolute Gasteiger partial charge is 0.454 e. The molecule has 7 nitrogen and oxygen atoms in total. The minimum absolute atomic E-state index is 0.202. The highest BCUT2D eigenvalue weighted by molar-refractivity contribution is 6.37. The van der Waals surface area contributed by atoms with E-state index in [1.165, 1.54) is 24.3 Å². The van der Waals surface area contributed by atoms with Crippen molar-refractivity contribution in [2.24, 2.45) is 0 Å². The van der Waals surface area contributed by atoms with Crippen LogP contribution in [0.25, 0.3) is 10.9 Å². The number of pyridine rings is 1. The van der Waals surface area contributed by atoms with Crippen LogP contribution in [0.4, 0.5) is 5.69 Å². The summed E-state index contributed by atoms with van der Waals surface area (Å²) in [5, 5.41) is 0.619. The van der Waals surface area contributed by atoms with Gasteiger partial charge in [0.05, 0.1) is 33.6 Å². The number of imide groups is 1. The van der Waals surface area contributed by atoms with E-state index in [1.54, 1.807) is 37.3 Å². The summed E-state index contributed by atoms with van der Waals surface area (Å²) < 4.78 is 5.18. The van der Waals surface area contributed by atoms with Crippen molar-refractivity contribution in [3.63, 3.8) is 0 Å². The first kappa shape index (κ1) is 23.1. The topological polar surface area (TPSA) is 93.6 Å². The van der Waals surface area contributed by atoms with Crippen molar-refractivity contribution in [3.8, 4) is 0 Å². The van der Waals surface area contributed by atoms with E-state index in [2.05, 4.69) is 4.98 Å². The molecule has 0 fully saturated rings. The van der Waals surface area contributed by atoms with Crippen molar-refractivity contribution >= 4 is 40.2 Å². The molecule has 36 heavy (non-hydrogen) atoms. The van der Waals surface area contributed by atoms with Gasteiger partial charge in [-0.25, -0.2) is 9.69 Å². The molecule has 178 valence electrons. The Balaban J connectivity index is 1.32. The van der Waals surface area contributed by atoms with E-state index in [1.807, 2.05) is 25.1 Å². The summed E-state index contributed by atoms with van der Waals surface area (Å²) in [4.78, 5) is 56.9. The smallest absolute Gasteiger partial charge is 0.338 e. The van der Waals surface area contributed by atoms with Crippen LogP contribution in [0.3, 0.4) is 0 Å². The molecule has 1 aliphatic rings. The normalized spacial score (nSPS) is 12.7. The fraction of sp³-hybridized carbons (Fsp3) is 0.138. The Hall–Kier alpha value is -4.65. The number of esters is 1. The van der Waals surface area contributed by atoms with Crippen LogP contribution < -0.4 is 4.90 Å². The molecule has 0 atom stereocenters. The third kappa shape index (κ3) is 3.94. The summed E-state index contributed by atoms with van der Waals surface area (Å²) in [5.74, 6) is -1.87. The van der Waals surface area contributed by atoms with Crippen LogP contribution in [0.1, 0.15) is 59.6 Å². The molecule has 1 aliphatic heterocycles. The van der Waals surface area contributed by atoms with Crippen molar-refractivity contribution < 1.29 is 23.9 Å². The number of carbonyl (C=O) groups is 4. The second kappa shape index (κ2) is 9.19. The molecule has 5 rings (SSSR count). The van der Waals surface area contributed by atoms with E-state index >= 15 is 0 Å². The molecule has 3 aromatic carbocycles. The monoisotopic (exact) mass is 478 g/mol. The van der Waals surface area contributed by atoms with Gasteiger partial charge in [-0.2, -0.15) is 0 Å². The predicted octanol–water partition coefficient (Wildman–Crippen LogP) is 4.95. The van der Waals surface area contributed by atoms with Crippen LogP contribution in [0.5, 0.6) is 0 Å². The fourth-order valence-corrected chi connectivity index (χ4v) is 4.34. The van der Waals surface area contributed by atoms with Gasteiger partial charge in [-0.15, -0.1) is 0 Å². The average Bonchev–Trinajstić information content (AvgIpc) is 3.18. The van der Waals surface area contributed by atoms with Crippen molar-refractivity contribution in [3.05, 3.63) is 106 Å². The molecule has 4 aromatic rings. The molecular weight excluding hydrogens is 456 g/mol. The zero-order chi connectivity index (χ0) is 25.4. The first-order chi connectivity index (χ1) is 17.4. The molecule has 0 saturated heterocycles. The van der Waals surface area contributed by atoms with Crippen LogP contribution in [-0.2, 0) is 11.2 Å². The quantitative estimate of drug-likeness (QED) is 0.221. The number of anilines is 1. The van der Waals surface area contributed by atoms with Crippen LogP contribution >= 0.6 is 0 Å². The first-order valence-electron chi connectivity index (χ1n) is 11.6. The van der Waals surface area contributed by atoms with Gasteiger partial charge in [0, 0.05) is 10.9 Å². The standard InChI is InChI=1S/C29H22N2O5/c1-3-18-8-10-19(11-9-18)24(32)16-36-29(35)20-12-14-21(15-13-20)31-27(33)25-17(2)30-23-7-5-4-6-22(23)26(25)28(31)34/h4-15H,3,16H2,1-2H3. The van der Waals surface area contributed by atoms with Crippen molar-refractivity contribution in [1.82, 2.24) is 4.98 Å². The van der Waals surface area contributed by atoms with E-state index in [0.29, 0.717) is 33.4 Å². The highest BCUT2D eigenvalue weighted by Gasteiger charge is 2.40. The van der Waals surface area contributed by atoms with Crippen LogP contribution in [0, 0.1) is 6.92 Å². The number of para-hydroxylation sites is 1. The molecule has 7 heteroatoms. The molecule has 1 aromatic heterocycles. The van der Waals surface area contributed by atoms with Crippen LogP contribution in [0.15, 0.2) is 72.8 Å². The Labute approximate surface area is 207 Å². The number of nitrogens with zero attached hydrogens (tertiary/aromatic N) is 2. The van der Waals surface area contributed by atoms with E-state index < -0.39 is 17.8 Å². The Kier molecular flexibility index (Phi) is 5.90. The highest BCUT2D eigenvalue weighted by Crippen LogP contribution is 2.34. The number of benzene rings is 3. The lowest BCUT2D eigenvalue weighted by molar-refractivity contribution is 0.0474. The number of rotatable bonds is 6. The van der Waals surface area contributed by atoms with Gasteiger partial charge in [-0.1, -0.05) is 49.4 Å². The number of ether oxygens (including phenoxy) is 1. The SMILES string of the molecule is CCc1ccc(C(=O)COC(=O)c2ccc(N3C(=O)c4c(C)nc5ccccc5c4C3=O)cc2)cc1. The van der Waals surface area contributed by atoms with Crippen molar-refractivity contribution in [2.75, 3.05) is 11.5 Å². The minimum Gasteiger partial charge on any atom is -0.454 e. The number of Topliss-reactive ketones (excluding diaryl/α,β-unsaturated/α-hetero) is 1. The van der Waals surface area contributed by atoms with Gasteiger partial charge in [0.2, 0.25) is 0 Å². The van der Waals surface area contributed by atoms with Crippen LogP contribution in [0.2, 0.25) is 0 Å². The molecule has 2 amide bonds. The van der Waals surface area contributed by atoms with Gasteiger partial charge in [-0.05, 0) is 49.2 Å². The predicted molar refractivity (Wildman–Crippen MR) is 134 cm³/mol. The lowest BCUT2D eigenvalue weighted by atomic mass is 10.0. The molecule has 2 heterocycles. The number of aromatic nitrogens is 1. The Bertz CT molecular complexity index is 1540. The molecule has 0 aliphatic carbocycles. The Morgan fingerprint density at radius 1 is 0.833 bits per heavy atom. The van der Waals surface area contributed by atoms with Gasteiger partial charge in [0.1, 0.15) is 0 Å². The Morgan fingerprint density at radius 3 is 2.17 bits per heavy atom. The molecule has 0 spiro atoms. The van der Waals surface area contributed by atoms with Gasteiger partial charge in [0.15, 0.2) is 12.4 Å².